The van der Waals surface area contributed by atoms with Gasteiger partial charge in [0, 0.05) is 31.2 Å². The molecule has 0 unspecified atom stereocenters. The van der Waals surface area contributed by atoms with Crippen molar-refractivity contribution in [2.45, 2.75) is 52.5 Å². The molecule has 1 aliphatic heterocycles. The zero-order chi connectivity index (χ0) is 18.4. The number of aryl methyl sites for hydroxylation is 1. The SMILES string of the molecule is CCC(CC)(CN)C(=O)N1CCC(NC(=O)c2ccccc2C)CC1.Cl. The third kappa shape index (κ3) is 4.77. The van der Waals surface area contributed by atoms with E-state index in [9.17, 15) is 9.59 Å². The van der Waals surface area contributed by atoms with Crippen LogP contribution in [0.4, 0.5) is 0 Å². The molecule has 0 aromatic heterocycles. The molecular formula is C20H32ClN3O2. The number of carbonyl (C=O) groups excluding carboxylic acids is 2. The molecule has 2 amide bonds. The van der Waals surface area contributed by atoms with Crippen LogP contribution in [0.2, 0.25) is 0 Å². The quantitative estimate of drug-likeness (QED) is 0.795. The molecule has 5 nitrogen and oxygen atoms in total. The average Bonchev–Trinajstić information content (AvgIpc) is 2.64. The lowest BCUT2D eigenvalue weighted by Gasteiger charge is -2.39. The third-order valence-electron chi connectivity index (χ3n) is 5.71. The van der Waals surface area contributed by atoms with Crippen molar-refractivity contribution >= 4 is 24.2 Å². The molecule has 1 aliphatic rings. The number of nitrogens with two attached hydrogens (primary N) is 1. The van der Waals surface area contributed by atoms with E-state index >= 15 is 0 Å². The number of benzene rings is 1. The van der Waals surface area contributed by atoms with Gasteiger partial charge in [0.15, 0.2) is 0 Å². The number of hydrogen-bond acceptors (Lipinski definition) is 3. The van der Waals surface area contributed by atoms with Gasteiger partial charge in [-0.3, -0.25) is 9.59 Å². The second kappa shape index (κ2) is 9.93. The molecule has 0 atom stereocenters. The van der Waals surface area contributed by atoms with Crippen LogP contribution >= 0.6 is 12.4 Å². The number of nitrogens with zero attached hydrogens (tertiary/aromatic N) is 1. The normalized spacial score (nSPS) is 15.3. The van der Waals surface area contributed by atoms with Crippen molar-refractivity contribution < 1.29 is 9.59 Å². The molecule has 0 bridgehead atoms. The van der Waals surface area contributed by atoms with Crippen LogP contribution in [0, 0.1) is 12.3 Å². The number of likely N-dealkylation sites (tertiary alicyclic amines) is 1. The lowest BCUT2D eigenvalue weighted by Crippen LogP contribution is -2.52. The minimum absolute atomic E-state index is 0. The van der Waals surface area contributed by atoms with E-state index in [0.29, 0.717) is 19.6 Å². The molecule has 3 N–H and O–H groups in total. The second-order valence-electron chi connectivity index (χ2n) is 7.05. The fourth-order valence-electron chi connectivity index (χ4n) is 3.58. The van der Waals surface area contributed by atoms with Crippen molar-refractivity contribution in [3.63, 3.8) is 0 Å². The fraction of sp³-hybridized carbons (Fsp3) is 0.600. The van der Waals surface area contributed by atoms with Crippen molar-refractivity contribution in [1.82, 2.24) is 10.2 Å². The van der Waals surface area contributed by atoms with Crippen molar-refractivity contribution in [1.29, 1.82) is 0 Å². The Morgan fingerprint density at radius 3 is 2.27 bits per heavy atom. The lowest BCUT2D eigenvalue weighted by molar-refractivity contribution is -0.143. The average molecular weight is 382 g/mol. The summed E-state index contributed by atoms with van der Waals surface area (Å²) < 4.78 is 0. The molecule has 0 spiro atoms. The minimum Gasteiger partial charge on any atom is -0.349 e. The first-order valence-corrected chi connectivity index (χ1v) is 9.33. The number of carbonyl (C=O) groups is 2. The van der Waals surface area contributed by atoms with Gasteiger partial charge in [0.2, 0.25) is 5.91 Å². The van der Waals surface area contributed by atoms with E-state index in [-0.39, 0.29) is 30.3 Å². The molecule has 0 aliphatic carbocycles. The maximum absolute atomic E-state index is 12.9. The smallest absolute Gasteiger partial charge is 0.251 e. The van der Waals surface area contributed by atoms with Crippen molar-refractivity contribution in [3.8, 4) is 0 Å². The van der Waals surface area contributed by atoms with Crippen LogP contribution in [0.3, 0.4) is 0 Å². The highest BCUT2D eigenvalue weighted by molar-refractivity contribution is 5.95. The Morgan fingerprint density at radius 2 is 1.77 bits per heavy atom. The molecule has 1 heterocycles. The first kappa shape index (κ1) is 22.5. The van der Waals surface area contributed by atoms with Crippen LogP contribution in [0.5, 0.6) is 0 Å². The Labute approximate surface area is 163 Å². The van der Waals surface area contributed by atoms with Gasteiger partial charge in [0.05, 0.1) is 5.41 Å². The zero-order valence-corrected chi connectivity index (χ0v) is 16.9. The van der Waals surface area contributed by atoms with Gasteiger partial charge in [0.1, 0.15) is 0 Å². The summed E-state index contributed by atoms with van der Waals surface area (Å²) in [6, 6.07) is 7.72. The number of rotatable bonds is 6. The van der Waals surface area contributed by atoms with Crippen LogP contribution in [0.1, 0.15) is 55.5 Å². The highest BCUT2D eigenvalue weighted by Gasteiger charge is 2.38. The molecule has 0 saturated carbocycles. The summed E-state index contributed by atoms with van der Waals surface area (Å²) in [5, 5.41) is 3.11. The Hall–Kier alpha value is -1.59. The molecule has 146 valence electrons. The summed E-state index contributed by atoms with van der Waals surface area (Å²) in [4.78, 5) is 27.2. The first-order valence-electron chi connectivity index (χ1n) is 9.33. The van der Waals surface area contributed by atoms with Gasteiger partial charge in [-0.05, 0) is 44.2 Å². The first-order chi connectivity index (χ1) is 12.0. The maximum Gasteiger partial charge on any atom is 0.251 e. The standard InChI is InChI=1S/C20H31N3O2.ClH/c1-4-20(5-2,14-21)19(25)23-12-10-16(11-13-23)22-18(24)17-9-7-6-8-15(17)3;/h6-9,16H,4-5,10-14,21H2,1-3H3,(H,22,24);1H. The maximum atomic E-state index is 12.9. The second-order valence-corrected chi connectivity index (χ2v) is 7.05. The fourth-order valence-corrected chi connectivity index (χ4v) is 3.58. The van der Waals surface area contributed by atoms with Crippen LogP contribution in [0.25, 0.3) is 0 Å². The lowest BCUT2D eigenvalue weighted by atomic mass is 9.80. The van der Waals surface area contributed by atoms with Crippen LogP contribution in [-0.4, -0.2) is 42.4 Å². The Bertz CT molecular complexity index is 601. The van der Waals surface area contributed by atoms with Gasteiger partial charge in [-0.15, -0.1) is 12.4 Å². The van der Waals surface area contributed by atoms with Crippen molar-refractivity contribution in [2.24, 2.45) is 11.1 Å². The van der Waals surface area contributed by atoms with Gasteiger partial charge in [0.25, 0.3) is 5.91 Å². The van der Waals surface area contributed by atoms with E-state index in [1.54, 1.807) is 0 Å². The van der Waals surface area contributed by atoms with E-state index in [1.807, 2.05) is 49.9 Å². The Kier molecular flexibility index (Phi) is 8.57. The molecule has 6 heteroatoms. The van der Waals surface area contributed by atoms with E-state index in [0.717, 1.165) is 36.8 Å². The highest BCUT2D eigenvalue weighted by atomic mass is 35.5. The molecule has 1 saturated heterocycles. The van der Waals surface area contributed by atoms with Gasteiger partial charge < -0.3 is 16.0 Å². The summed E-state index contributed by atoms with van der Waals surface area (Å²) in [5.74, 6) is 0.143. The minimum atomic E-state index is -0.433. The number of halogens is 1. The summed E-state index contributed by atoms with van der Waals surface area (Å²) >= 11 is 0. The van der Waals surface area contributed by atoms with E-state index in [4.69, 9.17) is 5.73 Å². The third-order valence-corrected chi connectivity index (χ3v) is 5.71. The summed E-state index contributed by atoms with van der Waals surface area (Å²) in [6.07, 6.45) is 3.11. The van der Waals surface area contributed by atoms with E-state index < -0.39 is 5.41 Å². The Balaban J connectivity index is 0.00000338. The molecule has 1 fully saturated rings. The van der Waals surface area contributed by atoms with Gasteiger partial charge in [-0.25, -0.2) is 0 Å². The topological polar surface area (TPSA) is 75.4 Å². The Morgan fingerprint density at radius 1 is 1.19 bits per heavy atom. The summed E-state index contributed by atoms with van der Waals surface area (Å²) in [5.41, 5.74) is 7.17. The summed E-state index contributed by atoms with van der Waals surface area (Å²) in [6.45, 7) is 7.76. The molecule has 26 heavy (non-hydrogen) atoms. The molecular weight excluding hydrogens is 350 g/mol. The largest absolute Gasteiger partial charge is 0.349 e. The zero-order valence-electron chi connectivity index (χ0n) is 16.1. The number of hydrogen-bond donors (Lipinski definition) is 2. The van der Waals surface area contributed by atoms with Crippen molar-refractivity contribution in [2.75, 3.05) is 19.6 Å². The molecule has 2 rings (SSSR count). The van der Waals surface area contributed by atoms with E-state index in [1.165, 1.54) is 0 Å². The van der Waals surface area contributed by atoms with Gasteiger partial charge >= 0.3 is 0 Å². The number of nitrogens with one attached hydrogen (secondary N) is 1. The van der Waals surface area contributed by atoms with E-state index in [2.05, 4.69) is 5.32 Å². The van der Waals surface area contributed by atoms with Gasteiger partial charge in [-0.1, -0.05) is 32.0 Å². The molecule has 1 aromatic carbocycles. The van der Waals surface area contributed by atoms with Crippen LogP contribution in [0.15, 0.2) is 24.3 Å². The predicted octanol–water partition coefficient (Wildman–Crippen LogP) is 2.90. The monoisotopic (exact) mass is 381 g/mol. The highest BCUT2D eigenvalue weighted by Crippen LogP contribution is 2.29. The predicted molar refractivity (Wildman–Crippen MR) is 108 cm³/mol. The number of amides is 2. The van der Waals surface area contributed by atoms with Crippen LogP contribution in [-0.2, 0) is 4.79 Å². The number of piperidine rings is 1. The molecule has 1 aromatic rings. The molecule has 0 radical (unpaired) electrons. The van der Waals surface area contributed by atoms with Gasteiger partial charge in [-0.2, -0.15) is 0 Å². The summed E-state index contributed by atoms with van der Waals surface area (Å²) in [7, 11) is 0. The van der Waals surface area contributed by atoms with Crippen LogP contribution < -0.4 is 11.1 Å². The van der Waals surface area contributed by atoms with Crippen molar-refractivity contribution in [3.05, 3.63) is 35.4 Å².